The van der Waals surface area contributed by atoms with Crippen molar-refractivity contribution in [3.05, 3.63) is 146 Å². The number of fused-ring (bicyclic) bond motifs is 3. The van der Waals surface area contributed by atoms with Gasteiger partial charge in [0.05, 0.1) is 33.7 Å². The first kappa shape index (κ1) is 28.7. The summed E-state index contributed by atoms with van der Waals surface area (Å²) in [5.74, 6) is 1.09. The number of aromatic nitrogens is 8. The van der Waals surface area contributed by atoms with Crippen LogP contribution in [0.2, 0.25) is 0 Å². The molecule has 0 bridgehead atoms. The van der Waals surface area contributed by atoms with Gasteiger partial charge in [-0.3, -0.25) is 15.1 Å². The summed E-state index contributed by atoms with van der Waals surface area (Å²) >= 11 is 0. The molecule has 0 saturated carbocycles. The van der Waals surface area contributed by atoms with E-state index in [1.54, 1.807) is 18.6 Å². The molecule has 9 nitrogen and oxygen atoms in total. The molecule has 0 radical (unpaired) electrons. The van der Waals surface area contributed by atoms with Crippen LogP contribution in [0.25, 0.3) is 101 Å². The number of benzene rings is 3. The highest BCUT2D eigenvalue weighted by Gasteiger charge is 2.34. The molecule has 0 fully saturated rings. The third-order valence-electron chi connectivity index (χ3n) is 9.21. The molecular formula is C42H26N8O. The smallest absolute Gasteiger partial charge is 0.163 e. The number of furan rings is 1. The van der Waals surface area contributed by atoms with E-state index in [-0.39, 0.29) is 0 Å². The molecule has 0 aliphatic carbocycles. The van der Waals surface area contributed by atoms with Gasteiger partial charge in [-0.15, -0.1) is 0 Å². The van der Waals surface area contributed by atoms with Gasteiger partial charge < -0.3 is 9.40 Å². The molecule has 0 unspecified atom stereocenters. The molecule has 0 atom stereocenters. The number of hydrogen-bond acceptors (Lipinski definition) is 7. The third-order valence-corrected chi connectivity index (χ3v) is 9.21. The molecule has 0 aliphatic rings. The second-order valence-electron chi connectivity index (χ2n) is 12.1. The molecule has 240 valence electrons. The van der Waals surface area contributed by atoms with E-state index in [4.69, 9.17) is 34.4 Å². The number of aromatic amines is 2. The molecular weight excluding hydrogens is 633 g/mol. The van der Waals surface area contributed by atoms with E-state index in [1.807, 2.05) is 104 Å². The van der Waals surface area contributed by atoms with Gasteiger partial charge in [-0.1, -0.05) is 54.6 Å². The first-order valence-electron chi connectivity index (χ1n) is 16.5. The molecule has 3 aromatic carbocycles. The van der Waals surface area contributed by atoms with Crippen molar-refractivity contribution in [2.45, 2.75) is 0 Å². The van der Waals surface area contributed by atoms with Gasteiger partial charge in [-0.05, 0) is 60.0 Å². The number of nitrogens with one attached hydrogen (secondary N) is 2. The van der Waals surface area contributed by atoms with Gasteiger partial charge in [0.15, 0.2) is 11.6 Å². The second-order valence-corrected chi connectivity index (χ2v) is 12.1. The maximum Gasteiger partial charge on any atom is 0.163 e. The fraction of sp³-hybridized carbons (Fsp3) is 0. The molecule has 0 amide bonds. The lowest BCUT2D eigenvalue weighted by atomic mass is 9.85. The average molecular weight is 659 g/mol. The highest BCUT2D eigenvalue weighted by Crippen LogP contribution is 2.54. The maximum absolute atomic E-state index is 7.28. The standard InChI is InChI=1S/C42H26N8O/c1-3-11-27-25(9-1)17-23-45-39(27)41-36(31-16-15-26-10-2-4-12-28(26)49-31)37-38(42-46-21-8-22-47-42)34(32-18-24-48-50-32)33(29-14-7-20-44-29)35(40(37)51-41)30-13-5-6-19-43-30/h1-24,44H,(H,48,50). The number of H-pyrrole nitrogens is 2. The molecule has 10 rings (SSSR count). The largest absolute Gasteiger partial charge is 0.453 e. The molecule has 2 N–H and O–H groups in total. The summed E-state index contributed by atoms with van der Waals surface area (Å²) in [6.07, 6.45) is 10.9. The molecule has 0 aliphatic heterocycles. The number of rotatable bonds is 6. The number of nitrogens with zero attached hydrogens (tertiary/aromatic N) is 6. The van der Waals surface area contributed by atoms with Crippen molar-refractivity contribution in [1.82, 2.24) is 40.1 Å². The summed E-state index contributed by atoms with van der Waals surface area (Å²) in [5.41, 5.74) is 9.18. The summed E-state index contributed by atoms with van der Waals surface area (Å²) in [6.45, 7) is 0. The predicted octanol–water partition coefficient (Wildman–Crippen LogP) is 9.77. The lowest BCUT2D eigenvalue weighted by Gasteiger charge is -2.19. The molecule has 51 heavy (non-hydrogen) atoms. The van der Waals surface area contributed by atoms with Gasteiger partial charge >= 0.3 is 0 Å². The third kappa shape index (κ3) is 4.63. The minimum Gasteiger partial charge on any atom is -0.453 e. The topological polar surface area (TPSA) is 122 Å². The monoisotopic (exact) mass is 658 g/mol. The zero-order valence-corrected chi connectivity index (χ0v) is 26.9. The van der Waals surface area contributed by atoms with Crippen molar-refractivity contribution in [1.29, 1.82) is 0 Å². The van der Waals surface area contributed by atoms with Gasteiger partial charge in [0, 0.05) is 75.7 Å². The van der Waals surface area contributed by atoms with Crippen LogP contribution in [-0.4, -0.2) is 40.1 Å². The second kappa shape index (κ2) is 11.7. The number of pyridine rings is 3. The van der Waals surface area contributed by atoms with Crippen LogP contribution in [0.1, 0.15) is 0 Å². The Balaban J connectivity index is 1.49. The highest BCUT2D eigenvalue weighted by molar-refractivity contribution is 6.21. The van der Waals surface area contributed by atoms with Gasteiger partial charge in [0.1, 0.15) is 11.3 Å². The van der Waals surface area contributed by atoms with Crippen LogP contribution < -0.4 is 0 Å². The highest BCUT2D eigenvalue weighted by atomic mass is 16.3. The molecule has 7 heterocycles. The van der Waals surface area contributed by atoms with Crippen molar-refractivity contribution in [3.63, 3.8) is 0 Å². The summed E-state index contributed by atoms with van der Waals surface area (Å²) < 4.78 is 7.28. The van der Waals surface area contributed by atoms with Crippen molar-refractivity contribution < 1.29 is 4.42 Å². The Bertz CT molecular complexity index is 2840. The Morgan fingerprint density at radius 1 is 0.510 bits per heavy atom. The van der Waals surface area contributed by atoms with Crippen molar-refractivity contribution in [3.8, 4) is 67.9 Å². The quantitative estimate of drug-likeness (QED) is 0.182. The van der Waals surface area contributed by atoms with E-state index >= 15 is 0 Å². The Labute approximate surface area is 290 Å². The average Bonchev–Trinajstić information content (AvgIpc) is 4.00. The van der Waals surface area contributed by atoms with Crippen LogP contribution >= 0.6 is 0 Å². The van der Waals surface area contributed by atoms with Crippen LogP contribution in [0.5, 0.6) is 0 Å². The summed E-state index contributed by atoms with van der Waals surface area (Å²) in [4.78, 5) is 28.3. The van der Waals surface area contributed by atoms with E-state index in [9.17, 15) is 0 Å². The molecule has 9 heteroatoms. The maximum atomic E-state index is 7.28. The van der Waals surface area contributed by atoms with E-state index in [0.717, 1.165) is 72.0 Å². The Morgan fingerprint density at radius 3 is 2.18 bits per heavy atom. The first-order chi connectivity index (χ1) is 25.3. The molecule has 7 aromatic heterocycles. The van der Waals surface area contributed by atoms with E-state index in [0.29, 0.717) is 28.6 Å². The SMILES string of the molecule is c1ccc(-c2c(-c3ccc[nH]3)c(-c3cc[nH]n3)c(-c3ncccn3)c3c(-c4ccc5ccccc5n4)c(-c4nccc5ccccc45)oc23)nc1. The van der Waals surface area contributed by atoms with Gasteiger partial charge in [0.2, 0.25) is 0 Å². The van der Waals surface area contributed by atoms with Crippen molar-refractivity contribution in [2.24, 2.45) is 0 Å². The Morgan fingerprint density at radius 2 is 1.35 bits per heavy atom. The zero-order valence-electron chi connectivity index (χ0n) is 26.9. The van der Waals surface area contributed by atoms with Gasteiger partial charge in [-0.2, -0.15) is 5.10 Å². The summed E-state index contributed by atoms with van der Waals surface area (Å²) in [7, 11) is 0. The van der Waals surface area contributed by atoms with E-state index in [2.05, 4.69) is 34.3 Å². The van der Waals surface area contributed by atoms with E-state index in [1.165, 1.54) is 0 Å². The van der Waals surface area contributed by atoms with Crippen molar-refractivity contribution >= 4 is 32.6 Å². The normalized spacial score (nSPS) is 11.5. The lowest BCUT2D eigenvalue weighted by molar-refractivity contribution is 0.631. The molecule has 10 aromatic rings. The predicted molar refractivity (Wildman–Crippen MR) is 199 cm³/mol. The molecule has 0 saturated heterocycles. The summed E-state index contributed by atoms with van der Waals surface area (Å²) in [6, 6.07) is 36.2. The lowest BCUT2D eigenvalue weighted by Crippen LogP contribution is -2.00. The van der Waals surface area contributed by atoms with E-state index < -0.39 is 0 Å². The zero-order chi connectivity index (χ0) is 33.7. The summed E-state index contributed by atoms with van der Waals surface area (Å²) in [5, 5.41) is 11.6. The van der Waals surface area contributed by atoms with Crippen LogP contribution in [0.15, 0.2) is 151 Å². The van der Waals surface area contributed by atoms with Gasteiger partial charge in [0.25, 0.3) is 0 Å². The Kier molecular flexibility index (Phi) is 6.60. The fourth-order valence-electron chi connectivity index (χ4n) is 7.07. The van der Waals surface area contributed by atoms with Gasteiger partial charge in [-0.25, -0.2) is 15.0 Å². The van der Waals surface area contributed by atoms with Crippen molar-refractivity contribution in [2.75, 3.05) is 0 Å². The van der Waals surface area contributed by atoms with Crippen LogP contribution in [-0.2, 0) is 0 Å². The van der Waals surface area contributed by atoms with Crippen LogP contribution in [0.4, 0.5) is 0 Å². The van der Waals surface area contributed by atoms with Crippen LogP contribution in [0.3, 0.4) is 0 Å². The molecule has 0 spiro atoms. The minimum atomic E-state index is 0.515. The number of para-hydroxylation sites is 1. The number of hydrogen-bond donors (Lipinski definition) is 2. The first-order valence-corrected chi connectivity index (χ1v) is 16.5. The Hall–Kier alpha value is -7.26. The minimum absolute atomic E-state index is 0.515. The fourth-order valence-corrected chi connectivity index (χ4v) is 7.07. The van der Waals surface area contributed by atoms with Crippen LogP contribution in [0, 0.1) is 0 Å².